The van der Waals surface area contributed by atoms with E-state index in [1.54, 1.807) is 0 Å². The molecule has 0 spiro atoms. The van der Waals surface area contributed by atoms with E-state index >= 15 is 0 Å². The van der Waals surface area contributed by atoms with Gasteiger partial charge < -0.3 is 15.3 Å². The van der Waals surface area contributed by atoms with Crippen molar-refractivity contribution < 1.29 is 19.1 Å². The van der Waals surface area contributed by atoms with Gasteiger partial charge in [0.1, 0.15) is 12.4 Å². The van der Waals surface area contributed by atoms with Gasteiger partial charge in [-0.1, -0.05) is 25.4 Å². The highest BCUT2D eigenvalue weighted by molar-refractivity contribution is 6.30. The molecule has 0 atom stereocenters. The second-order valence-corrected chi connectivity index (χ2v) is 5.16. The molecule has 0 fully saturated rings. The van der Waals surface area contributed by atoms with Crippen LogP contribution in [0.25, 0.3) is 0 Å². The molecular weight excluding hydrogens is 287 g/mol. The highest BCUT2D eigenvalue weighted by Gasteiger charge is 2.19. The number of halogens is 2. The molecule has 0 bridgehead atoms. The van der Waals surface area contributed by atoms with Gasteiger partial charge >= 0.3 is 12.0 Å². The maximum atomic E-state index is 13.6. The lowest BCUT2D eigenvalue weighted by molar-refractivity contribution is -0.137. The first-order valence-corrected chi connectivity index (χ1v) is 6.40. The van der Waals surface area contributed by atoms with E-state index in [1.165, 1.54) is 12.1 Å². The minimum absolute atomic E-state index is 0.0430. The summed E-state index contributed by atoms with van der Waals surface area (Å²) in [4.78, 5) is 23.8. The highest BCUT2D eigenvalue weighted by Crippen LogP contribution is 2.19. The van der Waals surface area contributed by atoms with Crippen molar-refractivity contribution in [2.75, 3.05) is 18.4 Å². The minimum Gasteiger partial charge on any atom is -0.480 e. The standard InChI is InChI=1S/C13H16ClFN2O3/c1-8(2)6-17(7-12(18)19)13(20)16-11-4-3-9(14)5-10(11)15/h3-5,8H,6-7H2,1-2H3,(H,16,20)(H,18,19). The van der Waals surface area contributed by atoms with Gasteiger partial charge in [0, 0.05) is 11.6 Å². The van der Waals surface area contributed by atoms with E-state index < -0.39 is 24.4 Å². The van der Waals surface area contributed by atoms with Crippen molar-refractivity contribution in [3.05, 3.63) is 29.0 Å². The molecule has 0 radical (unpaired) electrons. The van der Waals surface area contributed by atoms with Crippen molar-refractivity contribution in [2.24, 2.45) is 5.92 Å². The van der Waals surface area contributed by atoms with Crippen molar-refractivity contribution >= 4 is 29.3 Å². The van der Waals surface area contributed by atoms with Crippen LogP contribution in [0.5, 0.6) is 0 Å². The SMILES string of the molecule is CC(C)CN(CC(=O)O)C(=O)Nc1ccc(Cl)cc1F. The number of rotatable bonds is 5. The molecule has 0 aromatic heterocycles. The summed E-state index contributed by atoms with van der Waals surface area (Å²) in [5.74, 6) is -1.71. The number of anilines is 1. The van der Waals surface area contributed by atoms with Crippen molar-refractivity contribution in [3.63, 3.8) is 0 Å². The Bertz CT molecular complexity index is 508. The summed E-state index contributed by atoms with van der Waals surface area (Å²) in [5.41, 5.74) is -0.0430. The third kappa shape index (κ3) is 5.05. The van der Waals surface area contributed by atoms with E-state index in [0.717, 1.165) is 11.0 Å². The molecule has 2 N–H and O–H groups in total. The maximum absolute atomic E-state index is 13.6. The average molecular weight is 303 g/mol. The number of urea groups is 1. The van der Waals surface area contributed by atoms with Gasteiger partial charge in [0.2, 0.25) is 0 Å². The largest absolute Gasteiger partial charge is 0.480 e. The molecule has 1 rings (SSSR count). The van der Waals surface area contributed by atoms with Crippen LogP contribution < -0.4 is 5.32 Å². The van der Waals surface area contributed by atoms with Crippen LogP contribution in [-0.4, -0.2) is 35.1 Å². The summed E-state index contributed by atoms with van der Waals surface area (Å²) in [6.45, 7) is 3.52. The van der Waals surface area contributed by atoms with Crippen LogP contribution in [0.1, 0.15) is 13.8 Å². The zero-order chi connectivity index (χ0) is 15.3. The molecule has 0 unspecified atom stereocenters. The van der Waals surface area contributed by atoms with Crippen LogP contribution in [0.3, 0.4) is 0 Å². The minimum atomic E-state index is -1.13. The Morgan fingerprint density at radius 2 is 2.10 bits per heavy atom. The van der Waals surface area contributed by atoms with E-state index in [4.69, 9.17) is 16.7 Å². The van der Waals surface area contributed by atoms with Crippen molar-refractivity contribution in [3.8, 4) is 0 Å². The molecule has 0 aliphatic carbocycles. The van der Waals surface area contributed by atoms with E-state index in [2.05, 4.69) is 5.32 Å². The molecule has 20 heavy (non-hydrogen) atoms. The normalized spacial score (nSPS) is 10.4. The third-order valence-electron chi connectivity index (χ3n) is 2.37. The molecule has 1 aromatic carbocycles. The Morgan fingerprint density at radius 1 is 1.45 bits per heavy atom. The Hall–Kier alpha value is -1.82. The van der Waals surface area contributed by atoms with E-state index in [1.807, 2.05) is 13.8 Å². The zero-order valence-electron chi connectivity index (χ0n) is 11.2. The Morgan fingerprint density at radius 3 is 2.60 bits per heavy atom. The molecule has 0 saturated carbocycles. The van der Waals surface area contributed by atoms with E-state index in [-0.39, 0.29) is 23.2 Å². The van der Waals surface area contributed by atoms with Crippen molar-refractivity contribution in [1.82, 2.24) is 4.90 Å². The van der Waals surface area contributed by atoms with E-state index in [0.29, 0.717) is 0 Å². The van der Waals surface area contributed by atoms with Gasteiger partial charge in [-0.15, -0.1) is 0 Å². The number of carboxylic acids is 1. The molecule has 1 aromatic rings. The first-order chi connectivity index (χ1) is 9.29. The Balaban J connectivity index is 2.81. The van der Waals surface area contributed by atoms with Gasteiger partial charge in [0.15, 0.2) is 0 Å². The highest BCUT2D eigenvalue weighted by atomic mass is 35.5. The number of hydrogen-bond acceptors (Lipinski definition) is 2. The number of amides is 2. The van der Waals surface area contributed by atoms with Gasteiger partial charge in [-0.25, -0.2) is 9.18 Å². The predicted octanol–water partition coefficient (Wildman–Crippen LogP) is 3.05. The quantitative estimate of drug-likeness (QED) is 0.878. The molecule has 0 saturated heterocycles. The van der Waals surface area contributed by atoms with Gasteiger partial charge in [0.05, 0.1) is 5.69 Å². The fraction of sp³-hybridized carbons (Fsp3) is 0.385. The Kier molecular flexibility index (Phi) is 5.76. The second kappa shape index (κ2) is 7.09. The smallest absolute Gasteiger partial charge is 0.323 e. The fourth-order valence-electron chi connectivity index (χ4n) is 1.61. The lowest BCUT2D eigenvalue weighted by atomic mass is 10.2. The van der Waals surface area contributed by atoms with Crippen LogP contribution in [0, 0.1) is 11.7 Å². The monoisotopic (exact) mass is 302 g/mol. The van der Waals surface area contributed by atoms with Crippen LogP contribution in [-0.2, 0) is 4.79 Å². The summed E-state index contributed by atoms with van der Waals surface area (Å²) >= 11 is 5.61. The van der Waals surface area contributed by atoms with Gasteiger partial charge in [0.25, 0.3) is 0 Å². The molecule has 0 aliphatic heterocycles. The lowest BCUT2D eigenvalue weighted by Gasteiger charge is -2.23. The Labute approximate surface area is 121 Å². The number of carbonyl (C=O) groups is 2. The number of nitrogens with zero attached hydrogens (tertiary/aromatic N) is 1. The predicted molar refractivity (Wildman–Crippen MR) is 74.5 cm³/mol. The molecule has 7 heteroatoms. The lowest BCUT2D eigenvalue weighted by Crippen LogP contribution is -2.41. The molecule has 5 nitrogen and oxygen atoms in total. The van der Waals surface area contributed by atoms with Gasteiger partial charge in [-0.05, 0) is 24.1 Å². The van der Waals surface area contributed by atoms with Crippen LogP contribution in [0.15, 0.2) is 18.2 Å². The van der Waals surface area contributed by atoms with Gasteiger partial charge in [-0.2, -0.15) is 0 Å². The van der Waals surface area contributed by atoms with Crippen molar-refractivity contribution in [2.45, 2.75) is 13.8 Å². The second-order valence-electron chi connectivity index (χ2n) is 4.72. The molecule has 0 heterocycles. The van der Waals surface area contributed by atoms with Crippen molar-refractivity contribution in [1.29, 1.82) is 0 Å². The number of carboxylic acid groups (broad SMARTS) is 1. The zero-order valence-corrected chi connectivity index (χ0v) is 11.9. The van der Waals surface area contributed by atoms with E-state index in [9.17, 15) is 14.0 Å². The van der Waals surface area contributed by atoms with Crippen LogP contribution in [0.4, 0.5) is 14.9 Å². The summed E-state index contributed by atoms with van der Waals surface area (Å²) in [6, 6.07) is 3.16. The third-order valence-corrected chi connectivity index (χ3v) is 2.61. The number of carbonyl (C=O) groups excluding carboxylic acids is 1. The number of nitrogens with one attached hydrogen (secondary N) is 1. The summed E-state index contributed by atoms with van der Waals surface area (Å²) < 4.78 is 13.6. The first-order valence-electron chi connectivity index (χ1n) is 6.02. The fourth-order valence-corrected chi connectivity index (χ4v) is 1.77. The number of aliphatic carboxylic acids is 1. The van der Waals surface area contributed by atoms with Crippen LogP contribution >= 0.6 is 11.6 Å². The summed E-state index contributed by atoms with van der Waals surface area (Å²) in [6.07, 6.45) is 0. The average Bonchev–Trinajstić information content (AvgIpc) is 2.30. The van der Waals surface area contributed by atoms with Crippen LogP contribution in [0.2, 0.25) is 5.02 Å². The molecule has 0 aliphatic rings. The summed E-state index contributed by atoms with van der Waals surface area (Å²) in [5, 5.41) is 11.3. The molecule has 2 amide bonds. The maximum Gasteiger partial charge on any atom is 0.323 e. The molecule has 110 valence electrons. The first kappa shape index (κ1) is 16.2. The number of benzene rings is 1. The molecular formula is C13H16ClFN2O3. The topological polar surface area (TPSA) is 69.6 Å². The summed E-state index contributed by atoms with van der Waals surface area (Å²) in [7, 11) is 0. The van der Waals surface area contributed by atoms with Gasteiger partial charge in [-0.3, -0.25) is 4.79 Å². The number of hydrogen-bond donors (Lipinski definition) is 2.